The SMILES string of the molecule is CCOC(=O)Nc1ccc(NC(=O)c2cc(-c3ccccc3)ccn2)cc1. The first-order valence-corrected chi connectivity index (χ1v) is 8.52. The van der Waals surface area contributed by atoms with Crippen LogP contribution >= 0.6 is 0 Å². The Morgan fingerprint density at radius 3 is 2.22 bits per heavy atom. The fraction of sp³-hybridized carbons (Fsp3) is 0.0952. The molecule has 2 aromatic carbocycles. The molecular weight excluding hydrogens is 342 g/mol. The smallest absolute Gasteiger partial charge is 0.411 e. The second-order valence-corrected chi connectivity index (χ2v) is 5.67. The number of rotatable bonds is 5. The summed E-state index contributed by atoms with van der Waals surface area (Å²) in [6, 6.07) is 20.2. The molecule has 2 N–H and O–H groups in total. The monoisotopic (exact) mass is 361 g/mol. The van der Waals surface area contributed by atoms with Crippen LogP contribution in [0.2, 0.25) is 0 Å². The topological polar surface area (TPSA) is 80.3 Å². The first-order valence-electron chi connectivity index (χ1n) is 8.52. The zero-order chi connectivity index (χ0) is 19.1. The van der Waals surface area contributed by atoms with E-state index < -0.39 is 6.09 Å². The van der Waals surface area contributed by atoms with Gasteiger partial charge in [-0.2, -0.15) is 0 Å². The summed E-state index contributed by atoms with van der Waals surface area (Å²) in [5, 5.41) is 5.39. The molecule has 0 fully saturated rings. The summed E-state index contributed by atoms with van der Waals surface area (Å²) in [5.41, 5.74) is 3.44. The van der Waals surface area contributed by atoms with Crippen molar-refractivity contribution in [3.05, 3.63) is 78.6 Å². The van der Waals surface area contributed by atoms with Gasteiger partial charge in [-0.1, -0.05) is 30.3 Å². The molecule has 0 aliphatic heterocycles. The summed E-state index contributed by atoms with van der Waals surface area (Å²) in [6.07, 6.45) is 1.10. The Morgan fingerprint density at radius 1 is 0.889 bits per heavy atom. The minimum atomic E-state index is -0.517. The maximum absolute atomic E-state index is 12.5. The highest BCUT2D eigenvalue weighted by Gasteiger charge is 2.10. The van der Waals surface area contributed by atoms with E-state index in [9.17, 15) is 9.59 Å². The molecule has 0 aliphatic rings. The molecule has 136 valence electrons. The van der Waals surface area contributed by atoms with Gasteiger partial charge in [0, 0.05) is 17.6 Å². The van der Waals surface area contributed by atoms with Gasteiger partial charge in [-0.05, 0) is 54.4 Å². The molecule has 0 atom stereocenters. The molecule has 3 rings (SSSR count). The predicted molar refractivity (Wildman–Crippen MR) is 105 cm³/mol. The largest absolute Gasteiger partial charge is 0.450 e. The minimum Gasteiger partial charge on any atom is -0.450 e. The summed E-state index contributed by atoms with van der Waals surface area (Å²) in [5.74, 6) is -0.307. The lowest BCUT2D eigenvalue weighted by molar-refractivity contribution is 0.102. The number of hydrogen-bond acceptors (Lipinski definition) is 4. The Morgan fingerprint density at radius 2 is 1.56 bits per heavy atom. The molecule has 0 bridgehead atoms. The van der Waals surface area contributed by atoms with Crippen molar-refractivity contribution in [3.8, 4) is 11.1 Å². The molecule has 3 aromatic rings. The Labute approximate surface area is 157 Å². The third-order valence-electron chi connectivity index (χ3n) is 3.76. The number of nitrogens with zero attached hydrogens (tertiary/aromatic N) is 1. The van der Waals surface area contributed by atoms with Crippen LogP contribution in [-0.4, -0.2) is 23.6 Å². The molecule has 27 heavy (non-hydrogen) atoms. The van der Waals surface area contributed by atoms with E-state index in [4.69, 9.17) is 4.74 Å². The van der Waals surface area contributed by atoms with E-state index in [1.54, 1.807) is 43.5 Å². The number of ether oxygens (including phenoxy) is 1. The molecule has 6 nitrogen and oxygen atoms in total. The molecule has 1 aromatic heterocycles. The van der Waals surface area contributed by atoms with Crippen molar-refractivity contribution in [1.29, 1.82) is 0 Å². The highest BCUT2D eigenvalue weighted by molar-refractivity contribution is 6.03. The lowest BCUT2D eigenvalue weighted by Gasteiger charge is -2.08. The average Bonchev–Trinajstić information content (AvgIpc) is 2.70. The van der Waals surface area contributed by atoms with Gasteiger partial charge in [0.05, 0.1) is 6.61 Å². The van der Waals surface area contributed by atoms with Gasteiger partial charge < -0.3 is 10.1 Å². The Hall–Kier alpha value is -3.67. The number of carbonyl (C=O) groups is 2. The number of nitrogens with one attached hydrogen (secondary N) is 2. The highest BCUT2D eigenvalue weighted by atomic mass is 16.5. The van der Waals surface area contributed by atoms with E-state index in [2.05, 4.69) is 15.6 Å². The molecular formula is C21H19N3O3. The van der Waals surface area contributed by atoms with Gasteiger partial charge in [-0.3, -0.25) is 15.1 Å². The molecule has 1 heterocycles. The Bertz CT molecular complexity index is 925. The molecule has 0 saturated carbocycles. The van der Waals surface area contributed by atoms with Crippen LogP contribution in [0.25, 0.3) is 11.1 Å². The van der Waals surface area contributed by atoms with Crippen molar-refractivity contribution in [1.82, 2.24) is 4.98 Å². The van der Waals surface area contributed by atoms with Crippen LogP contribution < -0.4 is 10.6 Å². The van der Waals surface area contributed by atoms with E-state index in [0.29, 0.717) is 23.7 Å². The number of benzene rings is 2. The number of hydrogen-bond donors (Lipinski definition) is 2. The summed E-state index contributed by atoms with van der Waals surface area (Å²) in [7, 11) is 0. The molecule has 0 radical (unpaired) electrons. The second-order valence-electron chi connectivity index (χ2n) is 5.67. The second kappa shape index (κ2) is 8.62. The van der Waals surface area contributed by atoms with Crippen LogP contribution in [0, 0.1) is 0 Å². The summed E-state index contributed by atoms with van der Waals surface area (Å²) < 4.78 is 4.82. The molecule has 0 saturated heterocycles. The summed E-state index contributed by atoms with van der Waals surface area (Å²) in [6.45, 7) is 2.04. The quantitative estimate of drug-likeness (QED) is 0.698. The first-order chi connectivity index (χ1) is 13.2. The van der Waals surface area contributed by atoms with E-state index in [0.717, 1.165) is 11.1 Å². The molecule has 6 heteroatoms. The number of amides is 2. The zero-order valence-corrected chi connectivity index (χ0v) is 14.8. The van der Waals surface area contributed by atoms with Crippen molar-refractivity contribution in [2.75, 3.05) is 17.2 Å². The predicted octanol–water partition coefficient (Wildman–Crippen LogP) is 4.57. The normalized spacial score (nSPS) is 10.1. The van der Waals surface area contributed by atoms with Crippen LogP contribution in [0.5, 0.6) is 0 Å². The lowest BCUT2D eigenvalue weighted by atomic mass is 10.1. The maximum atomic E-state index is 12.5. The van der Waals surface area contributed by atoms with Crippen LogP contribution in [-0.2, 0) is 4.74 Å². The van der Waals surface area contributed by atoms with Crippen LogP contribution in [0.4, 0.5) is 16.2 Å². The van der Waals surface area contributed by atoms with Crippen LogP contribution in [0.3, 0.4) is 0 Å². The van der Waals surface area contributed by atoms with Gasteiger partial charge in [0.25, 0.3) is 5.91 Å². The minimum absolute atomic E-state index is 0.301. The summed E-state index contributed by atoms with van der Waals surface area (Å²) >= 11 is 0. The average molecular weight is 361 g/mol. The van der Waals surface area contributed by atoms with Gasteiger partial charge >= 0.3 is 6.09 Å². The first kappa shape index (κ1) is 18.1. The number of carbonyl (C=O) groups excluding carboxylic acids is 2. The zero-order valence-electron chi connectivity index (χ0n) is 14.8. The van der Waals surface area contributed by atoms with E-state index in [1.807, 2.05) is 36.4 Å². The van der Waals surface area contributed by atoms with Crippen molar-refractivity contribution < 1.29 is 14.3 Å². The van der Waals surface area contributed by atoms with Crippen molar-refractivity contribution in [2.24, 2.45) is 0 Å². The van der Waals surface area contributed by atoms with E-state index in [-0.39, 0.29) is 5.91 Å². The molecule has 0 aliphatic carbocycles. The van der Waals surface area contributed by atoms with Gasteiger partial charge in [0.15, 0.2) is 0 Å². The van der Waals surface area contributed by atoms with Gasteiger partial charge in [0.2, 0.25) is 0 Å². The Kier molecular flexibility index (Phi) is 5.79. The van der Waals surface area contributed by atoms with Gasteiger partial charge in [-0.15, -0.1) is 0 Å². The molecule has 0 unspecified atom stereocenters. The fourth-order valence-electron chi connectivity index (χ4n) is 2.48. The summed E-state index contributed by atoms with van der Waals surface area (Å²) in [4.78, 5) is 28.0. The third-order valence-corrected chi connectivity index (χ3v) is 3.76. The number of pyridine rings is 1. The van der Waals surface area contributed by atoms with Gasteiger partial charge in [0.1, 0.15) is 5.69 Å². The van der Waals surface area contributed by atoms with Gasteiger partial charge in [-0.25, -0.2) is 4.79 Å². The third kappa shape index (κ3) is 4.92. The maximum Gasteiger partial charge on any atom is 0.411 e. The lowest BCUT2D eigenvalue weighted by Crippen LogP contribution is -2.14. The fourth-order valence-corrected chi connectivity index (χ4v) is 2.48. The van der Waals surface area contributed by atoms with Crippen molar-refractivity contribution >= 4 is 23.4 Å². The van der Waals surface area contributed by atoms with Crippen LogP contribution in [0.1, 0.15) is 17.4 Å². The number of anilines is 2. The van der Waals surface area contributed by atoms with Crippen molar-refractivity contribution in [2.45, 2.75) is 6.92 Å². The van der Waals surface area contributed by atoms with Crippen molar-refractivity contribution in [3.63, 3.8) is 0 Å². The van der Waals surface area contributed by atoms with Crippen LogP contribution in [0.15, 0.2) is 72.9 Å². The highest BCUT2D eigenvalue weighted by Crippen LogP contribution is 2.20. The van der Waals surface area contributed by atoms with E-state index >= 15 is 0 Å². The number of aromatic nitrogens is 1. The Balaban J connectivity index is 1.68. The van der Waals surface area contributed by atoms with E-state index in [1.165, 1.54) is 0 Å². The standard InChI is InChI=1S/C21H19N3O3/c1-2-27-21(26)24-18-10-8-17(9-11-18)23-20(25)19-14-16(12-13-22-19)15-6-4-3-5-7-15/h3-14H,2H2,1H3,(H,23,25)(H,24,26). The molecule has 2 amide bonds. The molecule has 0 spiro atoms.